The Hall–Kier alpha value is -1.63. The molecule has 56 valence electrons. The molecular weight excluding hydrogens is 150 g/mol. The number of hydrogen-bond acceptors (Lipinski definition) is 2. The van der Waals surface area contributed by atoms with Crippen LogP contribution in [0, 0.1) is 23.0 Å². The van der Waals surface area contributed by atoms with Gasteiger partial charge < -0.3 is 5.73 Å². The summed E-state index contributed by atoms with van der Waals surface area (Å²) in [6.07, 6.45) is 0. The minimum Gasteiger partial charge on any atom is -0.398 e. The Morgan fingerprint density at radius 1 is 1.36 bits per heavy atom. The number of rotatable bonds is 0. The lowest BCUT2D eigenvalue weighted by molar-refractivity contribution is 0.507. The molecule has 0 fully saturated rings. The van der Waals surface area contributed by atoms with Crippen LogP contribution in [0.4, 0.5) is 14.5 Å². The second-order valence-electron chi connectivity index (χ2n) is 1.94. The van der Waals surface area contributed by atoms with Gasteiger partial charge in [0.15, 0.2) is 11.6 Å². The Bertz CT molecular complexity index is 328. The molecule has 0 amide bonds. The largest absolute Gasteiger partial charge is 0.398 e. The van der Waals surface area contributed by atoms with E-state index in [1.165, 1.54) is 6.07 Å². The van der Waals surface area contributed by atoms with Crippen molar-refractivity contribution in [3.05, 3.63) is 29.3 Å². The molecule has 1 rings (SSSR count). The highest BCUT2D eigenvalue weighted by atomic mass is 19.2. The van der Waals surface area contributed by atoms with Crippen LogP contribution in [0.3, 0.4) is 0 Å². The first-order chi connectivity index (χ1) is 5.16. The van der Waals surface area contributed by atoms with Gasteiger partial charge in [-0.3, -0.25) is 0 Å². The summed E-state index contributed by atoms with van der Waals surface area (Å²) in [4.78, 5) is 0. The number of halogens is 2. The zero-order chi connectivity index (χ0) is 8.43. The minimum absolute atomic E-state index is 0.0496. The van der Waals surface area contributed by atoms with Crippen molar-refractivity contribution in [3.8, 4) is 6.07 Å². The van der Waals surface area contributed by atoms with Crippen LogP contribution in [0.25, 0.3) is 0 Å². The van der Waals surface area contributed by atoms with Gasteiger partial charge in [0.05, 0.1) is 5.69 Å². The molecule has 1 aromatic carbocycles. The topological polar surface area (TPSA) is 49.8 Å². The van der Waals surface area contributed by atoms with Crippen LogP contribution >= 0.6 is 0 Å². The number of nitriles is 1. The summed E-state index contributed by atoms with van der Waals surface area (Å²) < 4.78 is 24.9. The second kappa shape index (κ2) is 2.54. The van der Waals surface area contributed by atoms with Crippen molar-refractivity contribution in [2.75, 3.05) is 5.73 Å². The van der Waals surface area contributed by atoms with E-state index in [9.17, 15) is 8.78 Å². The van der Waals surface area contributed by atoms with E-state index in [-0.39, 0.29) is 5.69 Å². The summed E-state index contributed by atoms with van der Waals surface area (Å²) >= 11 is 0. The molecule has 0 unspecified atom stereocenters. The van der Waals surface area contributed by atoms with E-state index >= 15 is 0 Å². The van der Waals surface area contributed by atoms with Crippen molar-refractivity contribution in [2.24, 2.45) is 0 Å². The highest BCUT2D eigenvalue weighted by molar-refractivity contribution is 5.54. The molecule has 2 N–H and O–H groups in total. The van der Waals surface area contributed by atoms with Crippen LogP contribution in [0.1, 0.15) is 5.56 Å². The van der Waals surface area contributed by atoms with E-state index in [2.05, 4.69) is 0 Å². The lowest BCUT2D eigenvalue weighted by atomic mass is 10.2. The average Bonchev–Trinajstić information content (AvgIpc) is 1.99. The normalized spacial score (nSPS) is 9.18. The van der Waals surface area contributed by atoms with Gasteiger partial charge >= 0.3 is 0 Å². The van der Waals surface area contributed by atoms with Gasteiger partial charge in [-0.2, -0.15) is 5.26 Å². The van der Waals surface area contributed by atoms with E-state index < -0.39 is 17.2 Å². The highest BCUT2D eigenvalue weighted by Crippen LogP contribution is 2.16. The van der Waals surface area contributed by atoms with E-state index in [1.807, 2.05) is 0 Å². The van der Waals surface area contributed by atoms with E-state index in [1.54, 1.807) is 0 Å². The number of hydrogen-bond donors (Lipinski definition) is 1. The van der Waals surface area contributed by atoms with Crippen molar-refractivity contribution in [3.63, 3.8) is 0 Å². The summed E-state index contributed by atoms with van der Waals surface area (Å²) in [6.45, 7) is 0. The molecule has 1 aromatic rings. The van der Waals surface area contributed by atoms with Crippen molar-refractivity contribution in [1.82, 2.24) is 0 Å². The zero-order valence-corrected chi connectivity index (χ0v) is 5.44. The Labute approximate surface area is 61.9 Å². The van der Waals surface area contributed by atoms with E-state index in [0.29, 0.717) is 0 Å². The van der Waals surface area contributed by atoms with Gasteiger partial charge in [0.25, 0.3) is 0 Å². The zero-order valence-electron chi connectivity index (χ0n) is 5.44. The Morgan fingerprint density at radius 3 is 2.45 bits per heavy atom. The fourth-order valence-electron chi connectivity index (χ4n) is 0.679. The molecule has 4 heteroatoms. The lowest BCUT2D eigenvalue weighted by Crippen LogP contribution is -1.96. The molecule has 0 aliphatic heterocycles. The van der Waals surface area contributed by atoms with Crippen molar-refractivity contribution in [1.29, 1.82) is 5.26 Å². The third-order valence-corrected chi connectivity index (χ3v) is 1.24. The fraction of sp³-hybridized carbons (Fsp3) is 0. The summed E-state index contributed by atoms with van der Waals surface area (Å²) in [6, 6.07) is 3.49. The molecule has 2 nitrogen and oxygen atoms in total. The predicted octanol–water partition coefficient (Wildman–Crippen LogP) is 1.42. The molecule has 11 heavy (non-hydrogen) atoms. The van der Waals surface area contributed by atoms with Crippen molar-refractivity contribution in [2.45, 2.75) is 0 Å². The molecule has 0 spiro atoms. The minimum atomic E-state index is -1.19. The van der Waals surface area contributed by atoms with Gasteiger partial charge in [0, 0.05) is 0 Å². The van der Waals surface area contributed by atoms with Crippen LogP contribution in [-0.2, 0) is 0 Å². The summed E-state index contributed by atoms with van der Waals surface area (Å²) in [7, 11) is 0. The van der Waals surface area contributed by atoms with Crippen LogP contribution in [0.15, 0.2) is 12.1 Å². The summed E-state index contributed by atoms with van der Waals surface area (Å²) in [5.74, 6) is -2.25. The summed E-state index contributed by atoms with van der Waals surface area (Å²) in [5, 5.41) is 8.29. The first-order valence-electron chi connectivity index (χ1n) is 2.80. The highest BCUT2D eigenvalue weighted by Gasteiger charge is 2.09. The molecular formula is C7H4F2N2. The molecule has 0 saturated carbocycles. The van der Waals surface area contributed by atoms with Gasteiger partial charge in [-0.25, -0.2) is 8.78 Å². The van der Waals surface area contributed by atoms with Gasteiger partial charge in [-0.1, -0.05) is 0 Å². The smallest absolute Gasteiger partial charge is 0.178 e. The maximum Gasteiger partial charge on any atom is 0.178 e. The predicted molar refractivity (Wildman–Crippen MR) is 35.5 cm³/mol. The third-order valence-electron chi connectivity index (χ3n) is 1.24. The molecule has 0 heterocycles. The van der Waals surface area contributed by atoms with Gasteiger partial charge in [-0.05, 0) is 12.1 Å². The SMILES string of the molecule is N#Cc1c(N)ccc(F)c1F. The number of nitrogens with zero attached hydrogens (tertiary/aromatic N) is 1. The first kappa shape index (κ1) is 7.48. The van der Waals surface area contributed by atoms with Crippen LogP contribution in [0.2, 0.25) is 0 Å². The Kier molecular flexibility index (Phi) is 1.73. The number of nitrogens with two attached hydrogens (primary N) is 1. The maximum absolute atomic E-state index is 12.6. The summed E-state index contributed by atoms with van der Waals surface area (Å²) in [5.41, 5.74) is 4.68. The molecule has 0 saturated heterocycles. The van der Waals surface area contributed by atoms with Gasteiger partial charge in [-0.15, -0.1) is 0 Å². The molecule has 0 atom stereocenters. The Morgan fingerprint density at radius 2 is 2.00 bits per heavy atom. The van der Waals surface area contributed by atoms with Crippen molar-refractivity contribution >= 4 is 5.69 Å². The maximum atomic E-state index is 12.6. The molecule has 0 aliphatic rings. The molecule has 0 bridgehead atoms. The van der Waals surface area contributed by atoms with Crippen molar-refractivity contribution < 1.29 is 8.78 Å². The van der Waals surface area contributed by atoms with Gasteiger partial charge in [0.1, 0.15) is 11.6 Å². The molecule has 0 radical (unpaired) electrons. The average molecular weight is 154 g/mol. The van der Waals surface area contributed by atoms with Crippen LogP contribution in [0.5, 0.6) is 0 Å². The Balaban J connectivity index is 3.44. The van der Waals surface area contributed by atoms with Crippen LogP contribution < -0.4 is 5.73 Å². The van der Waals surface area contributed by atoms with Gasteiger partial charge in [0.2, 0.25) is 0 Å². The monoisotopic (exact) mass is 154 g/mol. The lowest BCUT2D eigenvalue weighted by Gasteiger charge is -1.97. The third kappa shape index (κ3) is 1.13. The standard InChI is InChI=1S/C7H4F2N2/c8-5-1-2-6(11)4(3-10)7(5)9/h1-2H,11H2. The van der Waals surface area contributed by atoms with Crippen LogP contribution in [-0.4, -0.2) is 0 Å². The molecule has 0 aliphatic carbocycles. The fourth-order valence-corrected chi connectivity index (χ4v) is 0.679. The number of benzene rings is 1. The van der Waals surface area contributed by atoms with E-state index in [4.69, 9.17) is 11.0 Å². The first-order valence-corrected chi connectivity index (χ1v) is 2.80. The number of anilines is 1. The molecule has 0 aromatic heterocycles. The second-order valence-corrected chi connectivity index (χ2v) is 1.94. The van der Waals surface area contributed by atoms with E-state index in [0.717, 1.165) is 12.1 Å². The quantitative estimate of drug-likeness (QED) is 0.574. The number of nitrogen functional groups attached to an aromatic ring is 1.